The molecule has 0 atom stereocenters. The van der Waals surface area contributed by atoms with Crippen LogP contribution in [0.2, 0.25) is 0 Å². The van der Waals surface area contributed by atoms with E-state index in [0.29, 0.717) is 0 Å². The van der Waals surface area contributed by atoms with Crippen molar-refractivity contribution in [3.05, 3.63) is 42.0 Å². The lowest BCUT2D eigenvalue weighted by atomic mass is 10.2. The molecule has 1 aromatic rings. The Morgan fingerprint density at radius 1 is 1.36 bits per heavy atom. The molecule has 0 fully saturated rings. The average Bonchev–Trinajstić information content (AvgIpc) is 2.18. The van der Waals surface area contributed by atoms with Crippen LogP contribution < -0.4 is 4.90 Å². The maximum atomic E-state index is 11.5. The molecule has 0 unspecified atom stereocenters. The number of aryl methyl sites for hydroxylation is 1. The second-order valence-electron chi connectivity index (χ2n) is 3.18. The number of nitrogens with zero attached hydrogens (tertiary/aromatic N) is 1. The van der Waals surface area contributed by atoms with Crippen LogP contribution in [0, 0.1) is 6.92 Å². The fourth-order valence-corrected chi connectivity index (χ4v) is 1.31. The number of likely N-dealkylation sites (N-methyl/N-ethyl adjacent to an activating group) is 1. The molecule has 0 saturated carbocycles. The highest BCUT2D eigenvalue weighted by Crippen LogP contribution is 2.17. The van der Waals surface area contributed by atoms with E-state index >= 15 is 0 Å². The Hall–Kier alpha value is -1.57. The first-order chi connectivity index (χ1) is 6.66. The van der Waals surface area contributed by atoms with Crippen molar-refractivity contribution < 1.29 is 4.79 Å². The standard InChI is InChI=1S/C12H15NO/c1-4-7-12(14)13(3)11-9-6-5-8-10(11)2/h4-9H,1-3H3. The van der Waals surface area contributed by atoms with Gasteiger partial charge in [0.25, 0.3) is 0 Å². The summed E-state index contributed by atoms with van der Waals surface area (Å²) in [5, 5.41) is 0. The number of carbonyl (C=O) groups is 1. The number of hydrogen-bond donors (Lipinski definition) is 0. The normalized spacial score (nSPS) is 10.5. The maximum Gasteiger partial charge on any atom is 0.250 e. The van der Waals surface area contributed by atoms with Gasteiger partial charge in [0.1, 0.15) is 0 Å². The quantitative estimate of drug-likeness (QED) is 0.655. The van der Waals surface area contributed by atoms with Crippen LogP contribution in [0.5, 0.6) is 0 Å². The Morgan fingerprint density at radius 3 is 2.57 bits per heavy atom. The number of amides is 1. The summed E-state index contributed by atoms with van der Waals surface area (Å²) in [6, 6.07) is 7.83. The van der Waals surface area contributed by atoms with Crippen LogP contribution in [0.15, 0.2) is 36.4 Å². The van der Waals surface area contributed by atoms with Crippen molar-refractivity contribution in [2.45, 2.75) is 13.8 Å². The van der Waals surface area contributed by atoms with E-state index in [-0.39, 0.29) is 5.91 Å². The van der Waals surface area contributed by atoms with Crippen molar-refractivity contribution >= 4 is 11.6 Å². The van der Waals surface area contributed by atoms with Crippen LogP contribution in [-0.2, 0) is 4.79 Å². The number of allylic oxidation sites excluding steroid dienone is 1. The Morgan fingerprint density at radius 2 is 2.00 bits per heavy atom. The fraction of sp³-hybridized carbons (Fsp3) is 0.250. The molecule has 1 aromatic carbocycles. The summed E-state index contributed by atoms with van der Waals surface area (Å²) in [5.74, 6) is 0.00167. The van der Waals surface area contributed by atoms with E-state index < -0.39 is 0 Å². The molecule has 0 heterocycles. The van der Waals surface area contributed by atoms with Crippen molar-refractivity contribution in [1.29, 1.82) is 0 Å². The SMILES string of the molecule is CC=CC(=O)N(C)c1ccccc1C. The molecule has 1 amide bonds. The number of hydrogen-bond acceptors (Lipinski definition) is 1. The van der Waals surface area contributed by atoms with Crippen molar-refractivity contribution in [2.24, 2.45) is 0 Å². The van der Waals surface area contributed by atoms with Gasteiger partial charge < -0.3 is 4.90 Å². The van der Waals surface area contributed by atoms with Gasteiger partial charge in [-0.15, -0.1) is 0 Å². The second-order valence-corrected chi connectivity index (χ2v) is 3.18. The summed E-state index contributed by atoms with van der Waals surface area (Å²) in [6.07, 6.45) is 3.31. The molecular formula is C12H15NO. The largest absolute Gasteiger partial charge is 0.312 e. The van der Waals surface area contributed by atoms with E-state index in [2.05, 4.69) is 0 Å². The Bertz CT molecular complexity index is 355. The summed E-state index contributed by atoms with van der Waals surface area (Å²) in [4.78, 5) is 13.2. The summed E-state index contributed by atoms with van der Waals surface area (Å²) in [7, 11) is 1.78. The smallest absolute Gasteiger partial charge is 0.250 e. The Kier molecular flexibility index (Phi) is 3.46. The first-order valence-electron chi connectivity index (χ1n) is 4.63. The molecule has 2 heteroatoms. The number of benzene rings is 1. The zero-order valence-corrected chi connectivity index (χ0v) is 8.82. The van der Waals surface area contributed by atoms with E-state index in [9.17, 15) is 4.79 Å². The zero-order chi connectivity index (χ0) is 10.6. The van der Waals surface area contributed by atoms with Crippen LogP contribution in [-0.4, -0.2) is 13.0 Å². The van der Waals surface area contributed by atoms with Gasteiger partial charge in [-0.3, -0.25) is 4.79 Å². The van der Waals surface area contributed by atoms with Crippen LogP contribution >= 0.6 is 0 Å². The fourth-order valence-electron chi connectivity index (χ4n) is 1.31. The van der Waals surface area contributed by atoms with Gasteiger partial charge in [0.15, 0.2) is 0 Å². The van der Waals surface area contributed by atoms with E-state index in [1.807, 2.05) is 38.1 Å². The Balaban J connectivity index is 2.95. The third-order valence-electron chi connectivity index (χ3n) is 2.12. The van der Waals surface area contributed by atoms with Gasteiger partial charge in [-0.25, -0.2) is 0 Å². The average molecular weight is 189 g/mol. The zero-order valence-electron chi connectivity index (χ0n) is 8.82. The van der Waals surface area contributed by atoms with Gasteiger partial charge in [-0.1, -0.05) is 24.3 Å². The van der Waals surface area contributed by atoms with Crippen molar-refractivity contribution in [2.75, 3.05) is 11.9 Å². The van der Waals surface area contributed by atoms with Gasteiger partial charge in [0.05, 0.1) is 0 Å². The van der Waals surface area contributed by atoms with E-state index in [1.165, 1.54) is 0 Å². The van der Waals surface area contributed by atoms with Crippen LogP contribution in [0.4, 0.5) is 5.69 Å². The van der Waals surface area contributed by atoms with Gasteiger partial charge in [0.2, 0.25) is 5.91 Å². The maximum absolute atomic E-state index is 11.5. The van der Waals surface area contributed by atoms with Gasteiger partial charge in [-0.05, 0) is 31.6 Å². The second kappa shape index (κ2) is 4.61. The molecule has 0 bridgehead atoms. The molecule has 0 N–H and O–H groups in total. The topological polar surface area (TPSA) is 20.3 Å². The van der Waals surface area contributed by atoms with Crippen molar-refractivity contribution in [3.8, 4) is 0 Å². The van der Waals surface area contributed by atoms with Crippen LogP contribution in [0.3, 0.4) is 0 Å². The third-order valence-corrected chi connectivity index (χ3v) is 2.12. The number of para-hydroxylation sites is 1. The molecule has 0 aliphatic carbocycles. The van der Waals surface area contributed by atoms with E-state index in [1.54, 1.807) is 24.1 Å². The molecule has 0 radical (unpaired) electrons. The van der Waals surface area contributed by atoms with Crippen molar-refractivity contribution in [3.63, 3.8) is 0 Å². The molecule has 14 heavy (non-hydrogen) atoms. The van der Waals surface area contributed by atoms with Crippen LogP contribution in [0.1, 0.15) is 12.5 Å². The van der Waals surface area contributed by atoms with Crippen molar-refractivity contribution in [1.82, 2.24) is 0 Å². The van der Waals surface area contributed by atoms with E-state index in [4.69, 9.17) is 0 Å². The molecule has 2 nitrogen and oxygen atoms in total. The molecule has 1 rings (SSSR count). The summed E-state index contributed by atoms with van der Waals surface area (Å²) in [5.41, 5.74) is 2.06. The van der Waals surface area contributed by atoms with Gasteiger partial charge in [0, 0.05) is 12.7 Å². The molecule has 0 saturated heterocycles. The molecule has 74 valence electrons. The number of anilines is 1. The predicted molar refractivity (Wildman–Crippen MR) is 59.4 cm³/mol. The van der Waals surface area contributed by atoms with Gasteiger partial charge >= 0.3 is 0 Å². The molecule has 0 aliphatic heterocycles. The first kappa shape index (κ1) is 10.5. The summed E-state index contributed by atoms with van der Waals surface area (Å²) < 4.78 is 0. The molecule has 0 aliphatic rings. The summed E-state index contributed by atoms with van der Waals surface area (Å²) in [6.45, 7) is 3.83. The number of rotatable bonds is 2. The highest BCUT2D eigenvalue weighted by atomic mass is 16.2. The Labute approximate surface area is 84.9 Å². The lowest BCUT2D eigenvalue weighted by Gasteiger charge is -2.17. The molecular weight excluding hydrogens is 174 g/mol. The third kappa shape index (κ3) is 2.22. The first-order valence-corrected chi connectivity index (χ1v) is 4.63. The highest BCUT2D eigenvalue weighted by molar-refractivity contribution is 6.01. The minimum absolute atomic E-state index is 0.00167. The predicted octanol–water partition coefficient (Wildman–Crippen LogP) is 2.53. The monoisotopic (exact) mass is 189 g/mol. The lowest BCUT2D eigenvalue weighted by molar-refractivity contribution is -0.113. The minimum atomic E-state index is 0.00167. The minimum Gasteiger partial charge on any atom is -0.312 e. The number of carbonyl (C=O) groups excluding carboxylic acids is 1. The molecule has 0 spiro atoms. The lowest BCUT2D eigenvalue weighted by Crippen LogP contribution is -2.24. The highest BCUT2D eigenvalue weighted by Gasteiger charge is 2.08. The van der Waals surface area contributed by atoms with E-state index in [0.717, 1.165) is 11.3 Å². The summed E-state index contributed by atoms with van der Waals surface area (Å²) >= 11 is 0. The van der Waals surface area contributed by atoms with Gasteiger partial charge in [-0.2, -0.15) is 0 Å². The molecule has 0 aromatic heterocycles. The van der Waals surface area contributed by atoms with Crippen LogP contribution in [0.25, 0.3) is 0 Å².